The van der Waals surface area contributed by atoms with Crippen LogP contribution in [0.1, 0.15) is 31.4 Å². The molecule has 8 heteroatoms. The highest BCUT2D eigenvalue weighted by atomic mass is 19.2. The van der Waals surface area contributed by atoms with E-state index in [0.29, 0.717) is 24.2 Å². The molecule has 6 nitrogen and oxygen atoms in total. The summed E-state index contributed by atoms with van der Waals surface area (Å²) in [5.41, 5.74) is 0.467. The van der Waals surface area contributed by atoms with Crippen molar-refractivity contribution < 1.29 is 8.78 Å². The van der Waals surface area contributed by atoms with Crippen LogP contribution in [0.5, 0.6) is 0 Å². The van der Waals surface area contributed by atoms with Crippen LogP contribution in [0, 0.1) is 11.6 Å². The molecule has 0 saturated carbocycles. The number of aromatic nitrogens is 6. The number of nitrogens with zero attached hydrogens (tertiary/aromatic N) is 6. The van der Waals surface area contributed by atoms with Gasteiger partial charge in [-0.2, -0.15) is 5.10 Å². The molecule has 0 saturated heterocycles. The van der Waals surface area contributed by atoms with E-state index < -0.39 is 11.6 Å². The lowest BCUT2D eigenvalue weighted by atomic mass is 10.2. The first-order chi connectivity index (χ1) is 12.1. The minimum Gasteiger partial charge on any atom is -0.321 e. The van der Waals surface area contributed by atoms with Crippen LogP contribution < -0.4 is 0 Å². The number of hydrogen-bond donors (Lipinski definition) is 0. The zero-order valence-corrected chi connectivity index (χ0v) is 14.3. The van der Waals surface area contributed by atoms with E-state index in [1.807, 2.05) is 16.3 Å². The van der Waals surface area contributed by atoms with Crippen LogP contribution in [0.3, 0.4) is 0 Å². The van der Waals surface area contributed by atoms with Crippen LogP contribution in [0.4, 0.5) is 8.78 Å². The Kier molecular flexibility index (Phi) is 5.16. The molecule has 25 heavy (non-hydrogen) atoms. The third-order valence-corrected chi connectivity index (χ3v) is 4.03. The molecule has 3 aromatic rings. The molecule has 0 bridgehead atoms. The second kappa shape index (κ2) is 7.50. The number of aryl methyl sites for hydroxylation is 4. The summed E-state index contributed by atoms with van der Waals surface area (Å²) in [6.07, 6.45) is 4.98. The minimum absolute atomic E-state index is 0.406. The largest absolute Gasteiger partial charge is 0.321 e. The maximum atomic E-state index is 13.5. The minimum atomic E-state index is -0.900. The summed E-state index contributed by atoms with van der Waals surface area (Å²) in [4.78, 5) is 4.54. The maximum absolute atomic E-state index is 13.5. The van der Waals surface area contributed by atoms with Gasteiger partial charge in [-0.1, -0.05) is 13.3 Å². The molecular weight excluding hydrogens is 326 g/mol. The summed E-state index contributed by atoms with van der Waals surface area (Å²) < 4.78 is 30.4. The monoisotopic (exact) mass is 346 g/mol. The Morgan fingerprint density at radius 1 is 1.08 bits per heavy atom. The van der Waals surface area contributed by atoms with Crippen LogP contribution >= 0.6 is 0 Å². The van der Waals surface area contributed by atoms with Gasteiger partial charge in [0.05, 0.1) is 0 Å². The van der Waals surface area contributed by atoms with Gasteiger partial charge in [0, 0.05) is 32.0 Å². The van der Waals surface area contributed by atoms with E-state index in [-0.39, 0.29) is 0 Å². The SMILES string of the molecule is CCCCn1nc(-c2ccc(F)c(F)c2)nc1CCc1nncn1C. The normalized spacial score (nSPS) is 11.2. The van der Waals surface area contributed by atoms with Crippen molar-refractivity contribution in [2.24, 2.45) is 7.05 Å². The van der Waals surface area contributed by atoms with Gasteiger partial charge in [-0.3, -0.25) is 0 Å². The number of unbranched alkanes of at least 4 members (excludes halogenated alkanes) is 1. The molecule has 0 radical (unpaired) electrons. The molecule has 0 unspecified atom stereocenters. The highest BCUT2D eigenvalue weighted by Gasteiger charge is 2.14. The highest BCUT2D eigenvalue weighted by molar-refractivity contribution is 5.54. The average molecular weight is 346 g/mol. The van der Waals surface area contributed by atoms with E-state index in [1.54, 1.807) is 6.33 Å². The molecule has 2 aromatic heterocycles. The fraction of sp³-hybridized carbons (Fsp3) is 0.412. The summed E-state index contributed by atoms with van der Waals surface area (Å²) in [7, 11) is 1.89. The van der Waals surface area contributed by atoms with Crippen molar-refractivity contribution in [3.8, 4) is 11.4 Å². The van der Waals surface area contributed by atoms with Gasteiger partial charge in [0.25, 0.3) is 0 Å². The predicted molar refractivity (Wildman–Crippen MR) is 88.7 cm³/mol. The van der Waals surface area contributed by atoms with Crippen LogP contribution in [0.2, 0.25) is 0 Å². The van der Waals surface area contributed by atoms with E-state index >= 15 is 0 Å². The summed E-state index contributed by atoms with van der Waals surface area (Å²) in [5, 5.41) is 12.4. The predicted octanol–water partition coefficient (Wildman–Crippen LogP) is 2.94. The third kappa shape index (κ3) is 3.89. The first-order valence-corrected chi connectivity index (χ1v) is 8.30. The van der Waals surface area contributed by atoms with Crippen molar-refractivity contribution in [1.82, 2.24) is 29.5 Å². The molecular formula is C17H20F2N6. The van der Waals surface area contributed by atoms with E-state index in [9.17, 15) is 8.78 Å². The molecule has 0 N–H and O–H groups in total. The molecule has 0 atom stereocenters. The van der Waals surface area contributed by atoms with Crippen molar-refractivity contribution in [3.05, 3.63) is 47.8 Å². The van der Waals surface area contributed by atoms with Crippen LogP contribution in [0.15, 0.2) is 24.5 Å². The molecule has 0 fully saturated rings. The van der Waals surface area contributed by atoms with Crippen molar-refractivity contribution in [1.29, 1.82) is 0 Å². The zero-order chi connectivity index (χ0) is 17.8. The number of hydrogen-bond acceptors (Lipinski definition) is 4. The Morgan fingerprint density at radius 2 is 1.88 bits per heavy atom. The molecule has 0 aliphatic heterocycles. The second-order valence-corrected chi connectivity index (χ2v) is 5.92. The smallest absolute Gasteiger partial charge is 0.181 e. The number of benzene rings is 1. The first-order valence-electron chi connectivity index (χ1n) is 8.30. The lowest BCUT2D eigenvalue weighted by molar-refractivity contribution is 0.509. The van der Waals surface area contributed by atoms with Gasteiger partial charge in [-0.15, -0.1) is 10.2 Å². The molecule has 3 rings (SSSR count). The van der Waals surface area contributed by atoms with E-state index in [0.717, 1.165) is 43.2 Å². The number of halogens is 2. The quantitative estimate of drug-likeness (QED) is 0.660. The van der Waals surface area contributed by atoms with E-state index in [4.69, 9.17) is 0 Å². The van der Waals surface area contributed by atoms with Gasteiger partial charge in [0.15, 0.2) is 17.5 Å². The average Bonchev–Trinajstić information content (AvgIpc) is 3.19. The van der Waals surface area contributed by atoms with Crippen LogP contribution in [-0.4, -0.2) is 29.5 Å². The van der Waals surface area contributed by atoms with Crippen molar-refractivity contribution in [3.63, 3.8) is 0 Å². The topological polar surface area (TPSA) is 61.4 Å². The molecule has 1 aromatic carbocycles. The zero-order valence-electron chi connectivity index (χ0n) is 14.3. The Morgan fingerprint density at radius 3 is 2.56 bits per heavy atom. The van der Waals surface area contributed by atoms with Gasteiger partial charge in [0.1, 0.15) is 18.0 Å². The molecule has 0 aliphatic carbocycles. The van der Waals surface area contributed by atoms with E-state index in [2.05, 4.69) is 27.2 Å². The Bertz CT molecular complexity index is 855. The van der Waals surface area contributed by atoms with Gasteiger partial charge in [-0.05, 0) is 24.6 Å². The maximum Gasteiger partial charge on any atom is 0.181 e. The fourth-order valence-electron chi connectivity index (χ4n) is 2.56. The molecule has 132 valence electrons. The standard InChI is InChI=1S/C17H20F2N6/c1-3-4-9-25-15(7-8-16-22-20-11-24(16)2)21-17(23-25)12-5-6-13(18)14(19)10-12/h5-6,10-11H,3-4,7-9H2,1-2H3. The summed E-state index contributed by atoms with van der Waals surface area (Å²) >= 11 is 0. The Balaban J connectivity index is 1.86. The van der Waals surface area contributed by atoms with Gasteiger partial charge < -0.3 is 4.57 Å². The number of rotatable bonds is 7. The lowest BCUT2D eigenvalue weighted by Gasteiger charge is -2.04. The van der Waals surface area contributed by atoms with Crippen molar-refractivity contribution >= 4 is 0 Å². The van der Waals surface area contributed by atoms with Gasteiger partial charge >= 0.3 is 0 Å². The van der Waals surface area contributed by atoms with Crippen LogP contribution in [-0.2, 0) is 26.4 Å². The molecule has 0 spiro atoms. The molecule has 0 aliphatic rings. The van der Waals surface area contributed by atoms with Crippen LogP contribution in [0.25, 0.3) is 11.4 Å². The summed E-state index contributed by atoms with van der Waals surface area (Å²) in [6, 6.07) is 3.71. The van der Waals surface area contributed by atoms with Crippen molar-refractivity contribution in [2.45, 2.75) is 39.2 Å². The van der Waals surface area contributed by atoms with Crippen molar-refractivity contribution in [2.75, 3.05) is 0 Å². The lowest BCUT2D eigenvalue weighted by Crippen LogP contribution is -2.08. The summed E-state index contributed by atoms with van der Waals surface area (Å²) in [6.45, 7) is 2.84. The highest BCUT2D eigenvalue weighted by Crippen LogP contribution is 2.19. The van der Waals surface area contributed by atoms with Gasteiger partial charge in [0.2, 0.25) is 0 Å². The second-order valence-electron chi connectivity index (χ2n) is 5.92. The molecule has 2 heterocycles. The Labute approximate surface area is 144 Å². The molecule has 0 amide bonds. The fourth-order valence-corrected chi connectivity index (χ4v) is 2.56. The first kappa shape index (κ1) is 17.2. The summed E-state index contributed by atoms with van der Waals surface area (Å²) in [5.74, 6) is 0.290. The third-order valence-electron chi connectivity index (χ3n) is 4.03. The Hall–Kier alpha value is -2.64. The van der Waals surface area contributed by atoms with Gasteiger partial charge in [-0.25, -0.2) is 18.4 Å². The van der Waals surface area contributed by atoms with E-state index in [1.165, 1.54) is 6.07 Å².